The molecule has 0 radical (unpaired) electrons. The summed E-state index contributed by atoms with van der Waals surface area (Å²) in [4.78, 5) is 12.1. The zero-order valence-electron chi connectivity index (χ0n) is 25.9. The molecular formula is C35H43NO7. The zero-order valence-corrected chi connectivity index (χ0v) is 25.9. The number of benzene rings is 3. The number of rotatable bonds is 13. The molecule has 1 aliphatic heterocycles. The molecule has 8 nitrogen and oxygen atoms in total. The summed E-state index contributed by atoms with van der Waals surface area (Å²) in [6.07, 6.45) is 0.961. The highest BCUT2D eigenvalue weighted by Crippen LogP contribution is 2.40. The average Bonchev–Trinajstić information content (AvgIpc) is 3.48. The highest BCUT2D eigenvalue weighted by Gasteiger charge is 2.23. The van der Waals surface area contributed by atoms with Crippen molar-refractivity contribution in [2.24, 2.45) is 5.41 Å². The normalized spacial score (nSPS) is 14.5. The second kappa shape index (κ2) is 14.4. The van der Waals surface area contributed by atoms with Crippen molar-refractivity contribution in [2.75, 3.05) is 27.2 Å². The Kier molecular flexibility index (Phi) is 10.7. The van der Waals surface area contributed by atoms with Crippen LogP contribution in [0.5, 0.6) is 23.0 Å². The fraction of sp³-hybridized carbons (Fsp3) is 0.400. The molecule has 3 aromatic carbocycles. The van der Waals surface area contributed by atoms with Crippen molar-refractivity contribution >= 4 is 17.1 Å². The standard InChI is InChI=1S/C35H43NO7/c1-7-28(25-13-18-31-32(19-25)42-22-41-31)33(23-9-14-26(15-10-23)39-20-30(37)29(8-2)36-6)24-11-16-27(17-12-24)40-21-43-34(38)35(3,4)5/h9-19,29-30,36-37H,7-8,20-22H2,1-6H3. The van der Waals surface area contributed by atoms with E-state index < -0.39 is 11.5 Å². The second-order valence-corrected chi connectivity index (χ2v) is 11.4. The third-order valence-electron chi connectivity index (χ3n) is 7.39. The molecule has 0 bridgehead atoms. The summed E-state index contributed by atoms with van der Waals surface area (Å²) >= 11 is 0. The number of fused-ring (bicyclic) bond motifs is 1. The highest BCUT2D eigenvalue weighted by molar-refractivity contribution is 5.99. The first-order valence-corrected chi connectivity index (χ1v) is 14.8. The van der Waals surface area contributed by atoms with Crippen LogP contribution in [-0.4, -0.2) is 50.5 Å². The van der Waals surface area contributed by atoms with Crippen molar-refractivity contribution in [3.8, 4) is 23.0 Å². The van der Waals surface area contributed by atoms with E-state index >= 15 is 0 Å². The van der Waals surface area contributed by atoms with Crippen LogP contribution in [0.15, 0.2) is 66.7 Å². The summed E-state index contributed by atoms with van der Waals surface area (Å²) in [6, 6.07) is 21.7. The summed E-state index contributed by atoms with van der Waals surface area (Å²) in [6.45, 7) is 9.83. The third-order valence-corrected chi connectivity index (χ3v) is 7.39. The van der Waals surface area contributed by atoms with Gasteiger partial charge < -0.3 is 34.1 Å². The molecule has 2 atom stereocenters. The van der Waals surface area contributed by atoms with Crippen LogP contribution >= 0.6 is 0 Å². The fourth-order valence-electron chi connectivity index (χ4n) is 4.89. The molecule has 0 saturated heterocycles. The molecule has 0 aromatic heterocycles. The first-order chi connectivity index (χ1) is 20.6. The lowest BCUT2D eigenvalue weighted by Gasteiger charge is -2.21. The molecule has 8 heteroatoms. The first-order valence-electron chi connectivity index (χ1n) is 14.8. The van der Waals surface area contributed by atoms with Gasteiger partial charge in [-0.2, -0.15) is 0 Å². The Morgan fingerprint density at radius 2 is 1.47 bits per heavy atom. The Morgan fingerprint density at radius 3 is 2.02 bits per heavy atom. The maximum Gasteiger partial charge on any atom is 0.314 e. The number of hydrogen-bond donors (Lipinski definition) is 2. The molecular weight excluding hydrogens is 546 g/mol. The largest absolute Gasteiger partial charge is 0.491 e. The van der Waals surface area contributed by atoms with Crippen molar-refractivity contribution in [1.29, 1.82) is 0 Å². The Morgan fingerprint density at radius 1 is 0.884 bits per heavy atom. The first kappa shape index (κ1) is 31.9. The summed E-state index contributed by atoms with van der Waals surface area (Å²) in [5, 5.41) is 13.6. The summed E-state index contributed by atoms with van der Waals surface area (Å²) in [5.41, 5.74) is 4.64. The van der Waals surface area contributed by atoms with Crippen LogP contribution in [0.1, 0.15) is 64.2 Å². The lowest BCUT2D eigenvalue weighted by atomic mass is 9.88. The molecule has 3 aromatic rings. The number of carbonyl (C=O) groups is 1. The Balaban J connectivity index is 1.62. The monoisotopic (exact) mass is 589 g/mol. The minimum atomic E-state index is -0.611. The van der Waals surface area contributed by atoms with Gasteiger partial charge in [0.25, 0.3) is 0 Å². The van der Waals surface area contributed by atoms with E-state index in [-0.39, 0.29) is 32.2 Å². The van der Waals surface area contributed by atoms with Crippen molar-refractivity contribution in [1.82, 2.24) is 5.32 Å². The van der Waals surface area contributed by atoms with Crippen LogP contribution in [-0.2, 0) is 9.53 Å². The van der Waals surface area contributed by atoms with Crippen LogP contribution in [0.3, 0.4) is 0 Å². The highest BCUT2D eigenvalue weighted by atomic mass is 16.7. The van der Waals surface area contributed by atoms with Crippen LogP contribution in [0.25, 0.3) is 11.1 Å². The van der Waals surface area contributed by atoms with E-state index in [1.165, 1.54) is 0 Å². The zero-order chi connectivity index (χ0) is 31.0. The number of likely N-dealkylation sites (N-methyl/N-ethyl adjacent to an activating group) is 1. The van der Waals surface area contributed by atoms with E-state index in [9.17, 15) is 9.90 Å². The van der Waals surface area contributed by atoms with Gasteiger partial charge in [-0.3, -0.25) is 4.79 Å². The van der Waals surface area contributed by atoms with Gasteiger partial charge in [0.15, 0.2) is 11.5 Å². The van der Waals surface area contributed by atoms with E-state index in [1.807, 2.05) is 74.6 Å². The summed E-state index contributed by atoms with van der Waals surface area (Å²) in [7, 11) is 1.84. The molecule has 2 N–H and O–H groups in total. The van der Waals surface area contributed by atoms with Gasteiger partial charge in [0.05, 0.1) is 5.41 Å². The molecule has 4 rings (SSSR count). The molecule has 0 amide bonds. The number of hydrogen-bond acceptors (Lipinski definition) is 8. The number of ether oxygens (including phenoxy) is 5. The van der Waals surface area contributed by atoms with Crippen molar-refractivity contribution in [3.05, 3.63) is 83.4 Å². The molecule has 0 saturated carbocycles. The van der Waals surface area contributed by atoms with E-state index in [4.69, 9.17) is 23.7 Å². The topological polar surface area (TPSA) is 95.5 Å². The minimum Gasteiger partial charge on any atom is -0.491 e. The molecule has 0 spiro atoms. The van der Waals surface area contributed by atoms with Gasteiger partial charge in [-0.1, -0.05) is 44.2 Å². The number of allylic oxidation sites excluding steroid dienone is 1. The van der Waals surface area contributed by atoms with E-state index in [1.54, 1.807) is 20.8 Å². The number of aliphatic hydroxyl groups excluding tert-OH is 1. The summed E-state index contributed by atoms with van der Waals surface area (Å²) in [5.74, 6) is 2.43. The quantitative estimate of drug-likeness (QED) is 0.134. The lowest BCUT2D eigenvalue weighted by Crippen LogP contribution is -2.40. The second-order valence-electron chi connectivity index (χ2n) is 11.4. The Hall–Kier alpha value is -4.01. The van der Waals surface area contributed by atoms with Gasteiger partial charge in [-0.25, -0.2) is 0 Å². The van der Waals surface area contributed by atoms with E-state index in [0.29, 0.717) is 11.5 Å². The average molecular weight is 590 g/mol. The number of esters is 1. The van der Waals surface area contributed by atoms with Crippen molar-refractivity contribution < 1.29 is 33.6 Å². The van der Waals surface area contributed by atoms with Gasteiger partial charge in [0.1, 0.15) is 24.2 Å². The Labute approximate surface area is 254 Å². The molecule has 1 aliphatic rings. The van der Waals surface area contributed by atoms with Gasteiger partial charge in [-0.05, 0) is 105 Å². The molecule has 0 fully saturated rings. The number of aliphatic hydroxyl groups is 1. The number of carbonyl (C=O) groups excluding carboxylic acids is 1. The van der Waals surface area contributed by atoms with Gasteiger partial charge in [0.2, 0.25) is 13.6 Å². The van der Waals surface area contributed by atoms with Crippen LogP contribution in [0.4, 0.5) is 0 Å². The van der Waals surface area contributed by atoms with Gasteiger partial charge in [0, 0.05) is 6.04 Å². The molecule has 0 aliphatic carbocycles. The number of nitrogens with one attached hydrogen (secondary N) is 1. The molecule has 1 heterocycles. The molecule has 230 valence electrons. The van der Waals surface area contributed by atoms with E-state index in [0.717, 1.165) is 52.2 Å². The van der Waals surface area contributed by atoms with Crippen LogP contribution < -0.4 is 24.3 Å². The van der Waals surface area contributed by atoms with Crippen molar-refractivity contribution in [2.45, 2.75) is 59.6 Å². The minimum absolute atomic E-state index is 0.0277. The SMILES string of the molecule is CCC(=C(c1ccc(OCOC(=O)C(C)(C)C)cc1)c1ccc(OCC(O)C(CC)NC)cc1)c1ccc2c(c1)OCO2. The van der Waals surface area contributed by atoms with E-state index in [2.05, 4.69) is 18.3 Å². The van der Waals surface area contributed by atoms with Crippen LogP contribution in [0, 0.1) is 5.41 Å². The molecule has 2 unspecified atom stereocenters. The van der Waals surface area contributed by atoms with Crippen LogP contribution in [0.2, 0.25) is 0 Å². The predicted octanol–water partition coefficient (Wildman–Crippen LogP) is 6.45. The summed E-state index contributed by atoms with van der Waals surface area (Å²) < 4.78 is 28.1. The Bertz CT molecular complexity index is 1390. The van der Waals surface area contributed by atoms with Crippen molar-refractivity contribution in [3.63, 3.8) is 0 Å². The maximum atomic E-state index is 12.1. The lowest BCUT2D eigenvalue weighted by molar-refractivity contribution is -0.159. The smallest absolute Gasteiger partial charge is 0.314 e. The molecule has 43 heavy (non-hydrogen) atoms. The predicted molar refractivity (Wildman–Crippen MR) is 167 cm³/mol. The van der Waals surface area contributed by atoms with Gasteiger partial charge >= 0.3 is 5.97 Å². The fourth-order valence-corrected chi connectivity index (χ4v) is 4.89. The third kappa shape index (κ3) is 8.09. The van der Waals surface area contributed by atoms with Gasteiger partial charge in [-0.15, -0.1) is 0 Å². The maximum absolute atomic E-state index is 12.1.